The summed E-state index contributed by atoms with van der Waals surface area (Å²) in [6, 6.07) is 5.11. The monoisotopic (exact) mass is 340 g/mol. The minimum atomic E-state index is -0.424. The fourth-order valence-corrected chi connectivity index (χ4v) is 3.39. The molecule has 128 valence electrons. The maximum absolute atomic E-state index is 13.7. The third kappa shape index (κ3) is 5.78. The number of nitrogens with zero attached hydrogens (tertiary/aromatic N) is 1. The minimum absolute atomic E-state index is 0.0598. The van der Waals surface area contributed by atoms with Gasteiger partial charge in [0.05, 0.1) is 6.42 Å². The fraction of sp³-hybridized carbons (Fsp3) is 0.611. The number of halogens is 2. The van der Waals surface area contributed by atoms with Crippen molar-refractivity contribution in [2.45, 2.75) is 51.5 Å². The quantitative estimate of drug-likeness (QED) is 0.766. The van der Waals surface area contributed by atoms with Gasteiger partial charge in [0.15, 0.2) is 0 Å². The van der Waals surface area contributed by atoms with Crippen LogP contribution in [0.15, 0.2) is 18.2 Å². The lowest BCUT2D eigenvalue weighted by atomic mass is 10.00. The molecule has 0 spiro atoms. The van der Waals surface area contributed by atoms with Gasteiger partial charge in [-0.3, -0.25) is 4.79 Å². The molecule has 0 radical (unpaired) electrons. The third-order valence-corrected chi connectivity index (χ3v) is 4.77. The molecule has 1 atom stereocenters. The number of amides is 1. The average Bonchev–Trinajstić information content (AvgIpc) is 2.54. The molecular formula is C18H26ClFN2O. The molecule has 0 saturated carbocycles. The largest absolute Gasteiger partial charge is 0.356 e. The molecule has 1 aromatic carbocycles. The summed E-state index contributed by atoms with van der Waals surface area (Å²) in [5.74, 6) is -0.566. The number of hydrogen-bond donors (Lipinski definition) is 1. The van der Waals surface area contributed by atoms with Gasteiger partial charge in [-0.1, -0.05) is 31.0 Å². The Labute approximate surface area is 143 Å². The Kier molecular flexibility index (Phi) is 7.31. The molecule has 1 aliphatic rings. The number of rotatable bonds is 7. The van der Waals surface area contributed by atoms with Crippen LogP contribution in [0.4, 0.5) is 4.39 Å². The predicted octanol–water partition coefficient (Wildman–Crippen LogP) is 3.79. The van der Waals surface area contributed by atoms with Crippen molar-refractivity contribution >= 4 is 17.5 Å². The van der Waals surface area contributed by atoms with Crippen molar-refractivity contribution in [3.05, 3.63) is 34.6 Å². The highest BCUT2D eigenvalue weighted by Gasteiger charge is 2.19. The van der Waals surface area contributed by atoms with Crippen molar-refractivity contribution < 1.29 is 9.18 Å². The fourth-order valence-electron chi connectivity index (χ4n) is 3.23. The van der Waals surface area contributed by atoms with Crippen LogP contribution < -0.4 is 5.32 Å². The second-order valence-corrected chi connectivity index (χ2v) is 6.65. The zero-order valence-electron chi connectivity index (χ0n) is 13.8. The highest BCUT2D eigenvalue weighted by molar-refractivity contribution is 6.30. The van der Waals surface area contributed by atoms with Crippen LogP contribution in [0.3, 0.4) is 0 Å². The van der Waals surface area contributed by atoms with E-state index in [-0.39, 0.29) is 12.3 Å². The molecule has 1 saturated heterocycles. The summed E-state index contributed by atoms with van der Waals surface area (Å²) in [5.41, 5.74) is 0.383. The maximum Gasteiger partial charge on any atom is 0.224 e. The van der Waals surface area contributed by atoms with E-state index < -0.39 is 5.82 Å². The summed E-state index contributed by atoms with van der Waals surface area (Å²) in [4.78, 5) is 14.4. The Morgan fingerprint density at radius 1 is 1.43 bits per heavy atom. The second kappa shape index (κ2) is 9.24. The van der Waals surface area contributed by atoms with Crippen molar-refractivity contribution in [2.24, 2.45) is 0 Å². The van der Waals surface area contributed by atoms with Gasteiger partial charge in [0.25, 0.3) is 0 Å². The summed E-state index contributed by atoms with van der Waals surface area (Å²) in [6.07, 6.45) is 6.09. The number of carbonyl (C=O) groups excluding carboxylic acids is 1. The molecule has 0 bridgehead atoms. The van der Waals surface area contributed by atoms with E-state index in [0.29, 0.717) is 23.2 Å². The summed E-state index contributed by atoms with van der Waals surface area (Å²) >= 11 is 5.71. The second-order valence-electron chi connectivity index (χ2n) is 6.21. The molecule has 23 heavy (non-hydrogen) atoms. The van der Waals surface area contributed by atoms with Crippen LogP contribution in [-0.2, 0) is 11.2 Å². The van der Waals surface area contributed by atoms with E-state index in [1.807, 2.05) is 0 Å². The zero-order chi connectivity index (χ0) is 16.7. The molecular weight excluding hydrogens is 315 g/mol. The van der Waals surface area contributed by atoms with Crippen LogP contribution in [0.1, 0.15) is 44.6 Å². The first-order valence-electron chi connectivity index (χ1n) is 8.55. The molecule has 0 aromatic heterocycles. The molecule has 2 rings (SSSR count). The van der Waals surface area contributed by atoms with Crippen LogP contribution in [0.25, 0.3) is 0 Å². The number of likely N-dealkylation sites (tertiary alicyclic amines) is 1. The Morgan fingerprint density at radius 3 is 3.00 bits per heavy atom. The summed E-state index contributed by atoms with van der Waals surface area (Å²) in [7, 11) is 0. The first-order chi connectivity index (χ1) is 11.1. The number of piperidine rings is 1. The summed E-state index contributed by atoms with van der Waals surface area (Å²) in [5, 5.41) is 3.23. The highest BCUT2D eigenvalue weighted by Crippen LogP contribution is 2.19. The SMILES string of the molecule is CC[C@@H]1CCCCN1CCCNC(=O)Cc1ccc(Cl)cc1F. The summed E-state index contributed by atoms with van der Waals surface area (Å²) in [6.45, 7) is 5.07. The van der Waals surface area contributed by atoms with Crippen LogP contribution >= 0.6 is 11.6 Å². The Morgan fingerprint density at radius 2 is 2.26 bits per heavy atom. The lowest BCUT2D eigenvalue weighted by Gasteiger charge is -2.35. The average molecular weight is 341 g/mol. The third-order valence-electron chi connectivity index (χ3n) is 4.53. The first kappa shape index (κ1) is 18.2. The minimum Gasteiger partial charge on any atom is -0.356 e. The van der Waals surface area contributed by atoms with E-state index in [4.69, 9.17) is 11.6 Å². The topological polar surface area (TPSA) is 32.3 Å². The molecule has 1 N–H and O–H groups in total. The van der Waals surface area contributed by atoms with Gasteiger partial charge in [0.1, 0.15) is 5.82 Å². The van der Waals surface area contributed by atoms with Gasteiger partial charge < -0.3 is 10.2 Å². The zero-order valence-corrected chi connectivity index (χ0v) is 14.5. The van der Waals surface area contributed by atoms with Gasteiger partial charge in [-0.2, -0.15) is 0 Å². The molecule has 1 amide bonds. The normalized spacial score (nSPS) is 18.8. The molecule has 0 aliphatic carbocycles. The summed E-state index contributed by atoms with van der Waals surface area (Å²) < 4.78 is 13.7. The van der Waals surface area contributed by atoms with Crippen LogP contribution in [-0.4, -0.2) is 36.5 Å². The van der Waals surface area contributed by atoms with Crippen LogP contribution in [0.5, 0.6) is 0 Å². The number of hydrogen-bond acceptors (Lipinski definition) is 2. The molecule has 0 unspecified atom stereocenters. The Balaban J connectivity index is 1.68. The van der Waals surface area contributed by atoms with Crippen LogP contribution in [0, 0.1) is 5.82 Å². The Hall–Kier alpha value is -1.13. The van der Waals surface area contributed by atoms with Crippen molar-refractivity contribution in [3.8, 4) is 0 Å². The molecule has 1 aromatic rings. The standard InChI is InChI=1S/C18H26ClFN2O/c1-2-16-6-3-4-10-22(16)11-5-9-21-18(23)12-14-7-8-15(19)13-17(14)20/h7-8,13,16H,2-6,9-12H2,1H3,(H,21,23)/t16-/m1/s1. The lowest BCUT2D eigenvalue weighted by Crippen LogP contribution is -2.40. The molecule has 1 fully saturated rings. The van der Waals surface area contributed by atoms with Gasteiger partial charge in [-0.25, -0.2) is 4.39 Å². The Bertz CT molecular complexity index is 524. The molecule has 5 heteroatoms. The van der Waals surface area contributed by atoms with Gasteiger partial charge in [-0.05, 0) is 49.9 Å². The lowest BCUT2D eigenvalue weighted by molar-refractivity contribution is -0.120. The van der Waals surface area contributed by atoms with E-state index >= 15 is 0 Å². The highest BCUT2D eigenvalue weighted by atomic mass is 35.5. The number of carbonyl (C=O) groups is 1. The molecule has 1 heterocycles. The van der Waals surface area contributed by atoms with E-state index in [2.05, 4.69) is 17.1 Å². The number of nitrogens with one attached hydrogen (secondary N) is 1. The van der Waals surface area contributed by atoms with Crippen molar-refractivity contribution in [2.75, 3.05) is 19.6 Å². The van der Waals surface area contributed by atoms with Gasteiger partial charge in [0, 0.05) is 24.2 Å². The van der Waals surface area contributed by atoms with Gasteiger partial charge >= 0.3 is 0 Å². The molecule has 3 nitrogen and oxygen atoms in total. The van der Waals surface area contributed by atoms with Crippen molar-refractivity contribution in [1.29, 1.82) is 0 Å². The maximum atomic E-state index is 13.7. The first-order valence-corrected chi connectivity index (χ1v) is 8.92. The van der Waals surface area contributed by atoms with E-state index in [9.17, 15) is 9.18 Å². The number of benzene rings is 1. The predicted molar refractivity (Wildman–Crippen MR) is 92.2 cm³/mol. The van der Waals surface area contributed by atoms with Crippen molar-refractivity contribution in [1.82, 2.24) is 10.2 Å². The van der Waals surface area contributed by atoms with Gasteiger partial charge in [-0.15, -0.1) is 0 Å². The van der Waals surface area contributed by atoms with Gasteiger partial charge in [0.2, 0.25) is 5.91 Å². The molecule has 1 aliphatic heterocycles. The van der Waals surface area contributed by atoms with E-state index in [0.717, 1.165) is 13.0 Å². The van der Waals surface area contributed by atoms with Crippen molar-refractivity contribution in [3.63, 3.8) is 0 Å². The van der Waals surface area contributed by atoms with E-state index in [1.54, 1.807) is 12.1 Å². The van der Waals surface area contributed by atoms with Crippen LogP contribution in [0.2, 0.25) is 5.02 Å². The smallest absolute Gasteiger partial charge is 0.224 e. The van der Waals surface area contributed by atoms with E-state index in [1.165, 1.54) is 38.3 Å².